The van der Waals surface area contributed by atoms with Gasteiger partial charge in [0.25, 0.3) is 5.91 Å². The van der Waals surface area contributed by atoms with E-state index < -0.39 is 6.04 Å². The molecule has 24 heavy (non-hydrogen) atoms. The number of nitrogens with one attached hydrogen (secondary N) is 2. The lowest BCUT2D eigenvalue weighted by Crippen LogP contribution is -2.40. The molecule has 2 amide bonds. The zero-order chi connectivity index (χ0) is 17.5. The minimum atomic E-state index is -0.536. The molecule has 1 heterocycles. The van der Waals surface area contributed by atoms with E-state index in [1.807, 2.05) is 13.8 Å². The summed E-state index contributed by atoms with van der Waals surface area (Å²) in [7, 11) is 0. The maximum Gasteiger partial charge on any atom is 0.251 e. The van der Waals surface area contributed by atoms with Gasteiger partial charge in [-0.25, -0.2) is 0 Å². The Bertz CT molecular complexity index is 553. The number of benzene rings is 1. The molecule has 2 rings (SSSR count). The van der Waals surface area contributed by atoms with Crippen molar-refractivity contribution in [1.82, 2.24) is 5.32 Å². The first kappa shape index (κ1) is 18.4. The Morgan fingerprint density at radius 1 is 1.25 bits per heavy atom. The SMILES string of the molecule is CCC(C)C(N)C(=O)Nc1ccc(C(=O)NC2CCOCC2)cc1. The second-order valence-electron chi connectivity index (χ2n) is 6.34. The predicted octanol–water partition coefficient (Wildman–Crippen LogP) is 1.91. The van der Waals surface area contributed by atoms with Gasteiger partial charge in [-0.15, -0.1) is 0 Å². The van der Waals surface area contributed by atoms with Gasteiger partial charge in [-0.2, -0.15) is 0 Å². The summed E-state index contributed by atoms with van der Waals surface area (Å²) in [6, 6.07) is 6.49. The molecule has 132 valence electrons. The molecule has 0 radical (unpaired) electrons. The standard InChI is InChI=1S/C18H27N3O3/c1-3-12(2)16(19)18(23)21-14-6-4-13(5-7-14)17(22)20-15-8-10-24-11-9-15/h4-7,12,15-16H,3,8-11,19H2,1-2H3,(H,20,22)(H,21,23). The molecule has 1 saturated heterocycles. The van der Waals surface area contributed by atoms with Gasteiger partial charge in [0.1, 0.15) is 0 Å². The van der Waals surface area contributed by atoms with Crippen molar-refractivity contribution in [2.24, 2.45) is 11.7 Å². The third kappa shape index (κ3) is 5.04. The molecule has 0 saturated carbocycles. The molecule has 6 heteroatoms. The summed E-state index contributed by atoms with van der Waals surface area (Å²) in [5.41, 5.74) is 7.13. The number of carbonyl (C=O) groups is 2. The molecule has 2 atom stereocenters. The van der Waals surface area contributed by atoms with Crippen molar-refractivity contribution in [3.8, 4) is 0 Å². The molecule has 2 unspecified atom stereocenters. The van der Waals surface area contributed by atoms with Crippen LogP contribution in [0.15, 0.2) is 24.3 Å². The van der Waals surface area contributed by atoms with Gasteiger partial charge < -0.3 is 21.1 Å². The van der Waals surface area contributed by atoms with Crippen LogP contribution in [0, 0.1) is 5.92 Å². The monoisotopic (exact) mass is 333 g/mol. The summed E-state index contributed by atoms with van der Waals surface area (Å²) in [5.74, 6) is -0.186. The maximum absolute atomic E-state index is 12.2. The van der Waals surface area contributed by atoms with Gasteiger partial charge in [0.15, 0.2) is 0 Å². The average Bonchev–Trinajstić information content (AvgIpc) is 2.61. The molecule has 0 spiro atoms. The Kier molecular flexibility index (Phi) is 6.75. The van der Waals surface area contributed by atoms with Crippen LogP contribution in [-0.4, -0.2) is 37.1 Å². The van der Waals surface area contributed by atoms with Gasteiger partial charge in [-0.05, 0) is 43.0 Å². The number of rotatable bonds is 6. The first-order chi connectivity index (χ1) is 11.5. The van der Waals surface area contributed by atoms with E-state index in [1.54, 1.807) is 24.3 Å². The minimum Gasteiger partial charge on any atom is -0.381 e. The van der Waals surface area contributed by atoms with E-state index in [9.17, 15) is 9.59 Å². The first-order valence-electron chi connectivity index (χ1n) is 8.56. The van der Waals surface area contributed by atoms with Crippen molar-refractivity contribution < 1.29 is 14.3 Å². The van der Waals surface area contributed by atoms with E-state index in [0.717, 1.165) is 19.3 Å². The molecule has 1 fully saturated rings. The lowest BCUT2D eigenvalue weighted by molar-refractivity contribution is -0.118. The number of amides is 2. The van der Waals surface area contributed by atoms with Crippen LogP contribution in [0.3, 0.4) is 0 Å². The smallest absolute Gasteiger partial charge is 0.251 e. The van der Waals surface area contributed by atoms with Gasteiger partial charge in [0.05, 0.1) is 6.04 Å². The van der Waals surface area contributed by atoms with Crippen LogP contribution >= 0.6 is 0 Å². The molecule has 1 aromatic carbocycles. The molecule has 1 aliphatic heterocycles. The van der Waals surface area contributed by atoms with Crippen LogP contribution in [0.5, 0.6) is 0 Å². The van der Waals surface area contributed by atoms with Crippen molar-refractivity contribution in [1.29, 1.82) is 0 Å². The summed E-state index contributed by atoms with van der Waals surface area (Å²) in [6.45, 7) is 5.33. The largest absolute Gasteiger partial charge is 0.381 e. The van der Waals surface area contributed by atoms with E-state index in [1.165, 1.54) is 0 Å². The third-order valence-corrected chi connectivity index (χ3v) is 4.53. The van der Waals surface area contributed by atoms with E-state index >= 15 is 0 Å². The zero-order valence-corrected chi connectivity index (χ0v) is 14.4. The first-order valence-corrected chi connectivity index (χ1v) is 8.56. The van der Waals surface area contributed by atoms with E-state index in [4.69, 9.17) is 10.5 Å². The fraction of sp³-hybridized carbons (Fsp3) is 0.556. The molecule has 4 N–H and O–H groups in total. The van der Waals surface area contributed by atoms with Crippen molar-refractivity contribution in [2.45, 2.75) is 45.2 Å². The molecule has 0 aliphatic carbocycles. The summed E-state index contributed by atoms with van der Waals surface area (Å²) in [5, 5.41) is 5.80. The Hall–Kier alpha value is -1.92. The highest BCUT2D eigenvalue weighted by molar-refractivity contribution is 5.97. The summed E-state index contributed by atoms with van der Waals surface area (Å²) < 4.78 is 5.28. The Balaban J connectivity index is 1.90. The van der Waals surface area contributed by atoms with Crippen LogP contribution in [0.4, 0.5) is 5.69 Å². The van der Waals surface area contributed by atoms with Crippen LogP contribution < -0.4 is 16.4 Å². The lowest BCUT2D eigenvalue weighted by Gasteiger charge is -2.23. The Morgan fingerprint density at radius 2 is 1.88 bits per heavy atom. The highest BCUT2D eigenvalue weighted by atomic mass is 16.5. The van der Waals surface area contributed by atoms with E-state index in [2.05, 4.69) is 10.6 Å². The zero-order valence-electron chi connectivity index (χ0n) is 14.4. The summed E-state index contributed by atoms with van der Waals surface area (Å²) >= 11 is 0. The van der Waals surface area contributed by atoms with Crippen LogP contribution in [0.25, 0.3) is 0 Å². The summed E-state index contributed by atoms with van der Waals surface area (Å²) in [4.78, 5) is 24.3. The van der Waals surface area contributed by atoms with Gasteiger partial charge in [0.2, 0.25) is 5.91 Å². The molecule has 0 bridgehead atoms. The van der Waals surface area contributed by atoms with Crippen LogP contribution in [-0.2, 0) is 9.53 Å². The Morgan fingerprint density at radius 3 is 2.46 bits per heavy atom. The summed E-state index contributed by atoms with van der Waals surface area (Å²) in [6.07, 6.45) is 2.53. The molecular weight excluding hydrogens is 306 g/mol. The minimum absolute atomic E-state index is 0.101. The average molecular weight is 333 g/mol. The molecule has 1 aromatic rings. The van der Waals surface area contributed by atoms with E-state index in [0.29, 0.717) is 24.5 Å². The van der Waals surface area contributed by atoms with Gasteiger partial charge in [-0.1, -0.05) is 20.3 Å². The Labute approximate surface area is 143 Å². The molecule has 1 aliphatic rings. The lowest BCUT2D eigenvalue weighted by atomic mass is 9.99. The number of hydrogen-bond acceptors (Lipinski definition) is 4. The fourth-order valence-electron chi connectivity index (χ4n) is 2.55. The normalized spacial score (nSPS) is 17.8. The highest BCUT2D eigenvalue weighted by Crippen LogP contribution is 2.13. The maximum atomic E-state index is 12.2. The molecule has 6 nitrogen and oxygen atoms in total. The second-order valence-corrected chi connectivity index (χ2v) is 6.34. The predicted molar refractivity (Wildman–Crippen MR) is 93.8 cm³/mol. The van der Waals surface area contributed by atoms with Crippen molar-refractivity contribution in [3.05, 3.63) is 29.8 Å². The molecule has 0 aromatic heterocycles. The van der Waals surface area contributed by atoms with Crippen LogP contribution in [0.2, 0.25) is 0 Å². The van der Waals surface area contributed by atoms with Crippen molar-refractivity contribution in [2.75, 3.05) is 18.5 Å². The van der Waals surface area contributed by atoms with Crippen molar-refractivity contribution >= 4 is 17.5 Å². The quantitative estimate of drug-likeness (QED) is 0.741. The van der Waals surface area contributed by atoms with E-state index in [-0.39, 0.29) is 23.8 Å². The molecular formula is C18H27N3O3. The number of hydrogen-bond donors (Lipinski definition) is 3. The van der Waals surface area contributed by atoms with Crippen LogP contribution in [0.1, 0.15) is 43.5 Å². The number of nitrogens with two attached hydrogens (primary N) is 1. The number of carbonyl (C=O) groups excluding carboxylic acids is 2. The second kappa shape index (κ2) is 8.80. The fourth-order valence-corrected chi connectivity index (χ4v) is 2.55. The number of ether oxygens (including phenoxy) is 1. The third-order valence-electron chi connectivity index (χ3n) is 4.53. The van der Waals surface area contributed by atoms with Gasteiger partial charge in [0, 0.05) is 30.5 Å². The topological polar surface area (TPSA) is 93.5 Å². The van der Waals surface area contributed by atoms with Gasteiger partial charge >= 0.3 is 0 Å². The van der Waals surface area contributed by atoms with Gasteiger partial charge in [-0.3, -0.25) is 9.59 Å². The van der Waals surface area contributed by atoms with Crippen molar-refractivity contribution in [3.63, 3.8) is 0 Å². The highest BCUT2D eigenvalue weighted by Gasteiger charge is 2.20. The number of anilines is 1.